The van der Waals surface area contributed by atoms with Crippen molar-refractivity contribution in [2.45, 2.75) is 19.5 Å². The second-order valence-electron chi connectivity index (χ2n) is 4.85. The average Bonchev–Trinajstić information content (AvgIpc) is 2.88. The highest BCUT2D eigenvalue weighted by Gasteiger charge is 2.29. The number of imidazole rings is 1. The molecule has 0 aliphatic heterocycles. The Balaban J connectivity index is 2.12. The normalized spacial score (nSPS) is 11.8. The Morgan fingerprint density at radius 2 is 2.04 bits per heavy atom. The van der Waals surface area contributed by atoms with Gasteiger partial charge in [0.25, 0.3) is 0 Å². The van der Waals surface area contributed by atoms with E-state index in [0.717, 1.165) is 0 Å². The van der Waals surface area contributed by atoms with Crippen LogP contribution >= 0.6 is 0 Å². The topological polar surface area (TPSA) is 63.7 Å². The molecule has 23 heavy (non-hydrogen) atoms. The van der Waals surface area contributed by atoms with E-state index in [0.29, 0.717) is 34.6 Å². The van der Waals surface area contributed by atoms with Crippen molar-refractivity contribution < 1.29 is 17.9 Å². The van der Waals surface area contributed by atoms with E-state index in [4.69, 9.17) is 4.74 Å². The van der Waals surface area contributed by atoms with Crippen molar-refractivity contribution >= 4 is 11.0 Å². The molecule has 2 heterocycles. The van der Waals surface area contributed by atoms with Crippen LogP contribution in [0.4, 0.5) is 13.2 Å². The van der Waals surface area contributed by atoms with E-state index in [1.54, 1.807) is 24.4 Å². The molecule has 0 bridgehead atoms. The molecule has 5 nitrogen and oxygen atoms in total. The van der Waals surface area contributed by atoms with Crippen molar-refractivity contribution in [2.75, 3.05) is 6.61 Å². The molecule has 8 heteroatoms. The zero-order chi connectivity index (χ0) is 16.4. The molecule has 0 unspecified atom stereocenters. The summed E-state index contributed by atoms with van der Waals surface area (Å²) in [6.45, 7) is 2.24. The van der Waals surface area contributed by atoms with Gasteiger partial charge in [0, 0.05) is 11.8 Å². The van der Waals surface area contributed by atoms with E-state index in [2.05, 4.69) is 19.9 Å². The monoisotopic (exact) mass is 322 g/mol. The lowest BCUT2D eigenvalue weighted by Gasteiger charge is -2.08. The zero-order valence-electron chi connectivity index (χ0n) is 12.2. The summed E-state index contributed by atoms with van der Waals surface area (Å²) in [6.07, 6.45) is -2.51. The summed E-state index contributed by atoms with van der Waals surface area (Å²) in [5, 5.41) is 0. The number of hydrogen-bond donors (Lipinski definition) is 1. The fourth-order valence-electron chi connectivity index (χ4n) is 2.33. The van der Waals surface area contributed by atoms with Crippen molar-refractivity contribution in [3.63, 3.8) is 0 Å². The number of benzene rings is 1. The van der Waals surface area contributed by atoms with Gasteiger partial charge in [-0.15, -0.1) is 0 Å². The molecular formula is C15H13F3N4O. The van der Waals surface area contributed by atoms with Crippen LogP contribution in [-0.4, -0.2) is 32.7 Å². The molecule has 0 fully saturated rings. The SMILES string of the molecule is CCOc1ncncc1-c1cccc2[nH]c(CC(F)(F)F)nc12. The Labute approximate surface area is 129 Å². The summed E-state index contributed by atoms with van der Waals surface area (Å²) >= 11 is 0. The molecule has 0 radical (unpaired) electrons. The van der Waals surface area contributed by atoms with Gasteiger partial charge >= 0.3 is 6.18 Å². The standard InChI is InChI=1S/C15H13F3N4O/c1-2-23-14-10(7-19-8-20-14)9-4-3-5-11-13(9)22-12(21-11)6-15(16,17)18/h3-5,7-8H,2,6H2,1H3,(H,21,22). The van der Waals surface area contributed by atoms with E-state index in [-0.39, 0.29) is 5.82 Å². The first-order chi connectivity index (χ1) is 11.0. The Hall–Kier alpha value is -2.64. The predicted molar refractivity (Wildman–Crippen MR) is 78.0 cm³/mol. The van der Waals surface area contributed by atoms with Crippen LogP contribution in [0.15, 0.2) is 30.7 Å². The number of nitrogens with zero attached hydrogens (tertiary/aromatic N) is 3. The van der Waals surface area contributed by atoms with Crippen molar-refractivity contribution in [2.24, 2.45) is 0 Å². The van der Waals surface area contributed by atoms with Crippen LogP contribution in [-0.2, 0) is 6.42 Å². The van der Waals surface area contributed by atoms with E-state index in [1.165, 1.54) is 6.33 Å². The third-order valence-electron chi connectivity index (χ3n) is 3.18. The van der Waals surface area contributed by atoms with Crippen LogP contribution in [0.2, 0.25) is 0 Å². The van der Waals surface area contributed by atoms with Gasteiger partial charge in [-0.1, -0.05) is 12.1 Å². The minimum atomic E-state index is -4.32. The molecule has 2 aromatic heterocycles. The highest BCUT2D eigenvalue weighted by atomic mass is 19.4. The smallest absolute Gasteiger partial charge is 0.396 e. The van der Waals surface area contributed by atoms with Crippen molar-refractivity contribution in [3.8, 4) is 17.0 Å². The molecule has 3 aromatic rings. The first-order valence-electron chi connectivity index (χ1n) is 6.95. The number of halogens is 3. The number of fused-ring (bicyclic) bond motifs is 1. The third kappa shape index (κ3) is 3.25. The number of ether oxygens (including phenoxy) is 1. The quantitative estimate of drug-likeness (QED) is 0.798. The van der Waals surface area contributed by atoms with Crippen LogP contribution < -0.4 is 4.74 Å². The summed E-state index contributed by atoms with van der Waals surface area (Å²) in [6, 6.07) is 5.16. The van der Waals surface area contributed by atoms with Crippen LogP contribution in [0, 0.1) is 0 Å². The largest absolute Gasteiger partial charge is 0.477 e. The molecule has 0 atom stereocenters. The number of nitrogens with one attached hydrogen (secondary N) is 1. The Bertz CT molecular complexity index is 829. The molecule has 0 amide bonds. The predicted octanol–water partition coefficient (Wildman–Crippen LogP) is 3.52. The zero-order valence-corrected chi connectivity index (χ0v) is 12.2. The molecule has 1 aromatic carbocycles. The molecule has 0 aliphatic carbocycles. The summed E-state index contributed by atoms with van der Waals surface area (Å²) in [7, 11) is 0. The number of para-hydroxylation sites is 1. The van der Waals surface area contributed by atoms with Crippen LogP contribution in [0.1, 0.15) is 12.7 Å². The van der Waals surface area contributed by atoms with Gasteiger partial charge in [0.05, 0.1) is 23.2 Å². The summed E-state index contributed by atoms with van der Waals surface area (Å²) < 4.78 is 43.1. The van der Waals surface area contributed by atoms with E-state index >= 15 is 0 Å². The van der Waals surface area contributed by atoms with Crippen LogP contribution in [0.3, 0.4) is 0 Å². The maximum Gasteiger partial charge on any atom is 0.396 e. The first kappa shape index (κ1) is 15.3. The van der Waals surface area contributed by atoms with E-state index in [9.17, 15) is 13.2 Å². The summed E-state index contributed by atoms with van der Waals surface area (Å²) in [5.41, 5.74) is 2.16. The minimum Gasteiger partial charge on any atom is -0.477 e. The van der Waals surface area contributed by atoms with Crippen molar-refractivity contribution in [1.82, 2.24) is 19.9 Å². The molecule has 0 aliphatic rings. The number of aromatic nitrogens is 4. The molecule has 0 saturated carbocycles. The van der Waals surface area contributed by atoms with Gasteiger partial charge in [0.15, 0.2) is 0 Å². The Morgan fingerprint density at radius 1 is 1.22 bits per heavy atom. The van der Waals surface area contributed by atoms with E-state index < -0.39 is 12.6 Å². The van der Waals surface area contributed by atoms with Crippen LogP contribution in [0.5, 0.6) is 5.88 Å². The number of alkyl halides is 3. The first-order valence-corrected chi connectivity index (χ1v) is 6.95. The molecule has 120 valence electrons. The van der Waals surface area contributed by atoms with Gasteiger partial charge in [-0.2, -0.15) is 13.2 Å². The van der Waals surface area contributed by atoms with E-state index in [1.807, 2.05) is 6.92 Å². The number of H-pyrrole nitrogens is 1. The minimum absolute atomic E-state index is 0.130. The van der Waals surface area contributed by atoms with Gasteiger partial charge < -0.3 is 9.72 Å². The van der Waals surface area contributed by atoms with Gasteiger partial charge in [-0.05, 0) is 13.0 Å². The Morgan fingerprint density at radius 3 is 2.78 bits per heavy atom. The second kappa shape index (κ2) is 5.86. The molecule has 0 spiro atoms. The van der Waals surface area contributed by atoms with Gasteiger partial charge in [0.2, 0.25) is 5.88 Å². The lowest BCUT2D eigenvalue weighted by Crippen LogP contribution is -2.12. The highest BCUT2D eigenvalue weighted by molar-refractivity contribution is 5.93. The number of rotatable bonds is 4. The number of hydrogen-bond acceptors (Lipinski definition) is 4. The summed E-state index contributed by atoms with van der Waals surface area (Å²) in [5.74, 6) is 0.241. The Kier molecular flexibility index (Phi) is 3.89. The molecule has 0 saturated heterocycles. The van der Waals surface area contributed by atoms with Gasteiger partial charge in [0.1, 0.15) is 18.6 Å². The summed E-state index contributed by atoms with van der Waals surface area (Å²) in [4.78, 5) is 14.8. The van der Waals surface area contributed by atoms with Crippen LogP contribution in [0.25, 0.3) is 22.2 Å². The average molecular weight is 322 g/mol. The number of aromatic amines is 1. The maximum atomic E-state index is 12.6. The van der Waals surface area contributed by atoms with Gasteiger partial charge in [-0.3, -0.25) is 0 Å². The van der Waals surface area contributed by atoms with Crippen molar-refractivity contribution in [3.05, 3.63) is 36.5 Å². The second-order valence-corrected chi connectivity index (χ2v) is 4.85. The lowest BCUT2D eigenvalue weighted by molar-refractivity contribution is -0.128. The van der Waals surface area contributed by atoms with Gasteiger partial charge in [-0.25, -0.2) is 15.0 Å². The molecule has 3 rings (SSSR count). The lowest BCUT2D eigenvalue weighted by atomic mass is 10.1. The fourth-order valence-corrected chi connectivity index (χ4v) is 2.33. The maximum absolute atomic E-state index is 12.6. The fraction of sp³-hybridized carbons (Fsp3) is 0.267. The van der Waals surface area contributed by atoms with Crippen molar-refractivity contribution in [1.29, 1.82) is 0 Å². The molecule has 1 N–H and O–H groups in total. The molecular weight excluding hydrogens is 309 g/mol. The third-order valence-corrected chi connectivity index (χ3v) is 3.18. The highest BCUT2D eigenvalue weighted by Crippen LogP contribution is 2.33.